The first kappa shape index (κ1) is 15.7. The van der Waals surface area contributed by atoms with Crippen LogP contribution >= 0.6 is 0 Å². The van der Waals surface area contributed by atoms with E-state index in [0.29, 0.717) is 17.2 Å². The molecule has 0 amide bonds. The first-order valence-electron chi connectivity index (χ1n) is 9.12. The highest BCUT2D eigenvalue weighted by atomic mass is 19.1. The molecule has 0 radical (unpaired) electrons. The first-order chi connectivity index (χ1) is 12.5. The topological polar surface area (TPSA) is 43.6 Å². The Labute approximate surface area is 152 Å². The van der Waals surface area contributed by atoms with Crippen LogP contribution in [-0.2, 0) is 12.0 Å². The Bertz CT molecular complexity index is 979. The van der Waals surface area contributed by atoms with Gasteiger partial charge in [-0.05, 0) is 47.9 Å². The van der Waals surface area contributed by atoms with E-state index in [1.165, 1.54) is 11.6 Å². The Morgan fingerprint density at radius 1 is 1.23 bits per heavy atom. The molecule has 0 saturated heterocycles. The van der Waals surface area contributed by atoms with Gasteiger partial charge in [0.25, 0.3) is 0 Å². The molecule has 2 aliphatic rings. The molecule has 0 spiro atoms. The zero-order chi connectivity index (χ0) is 17.9. The van der Waals surface area contributed by atoms with E-state index in [4.69, 9.17) is 0 Å². The van der Waals surface area contributed by atoms with E-state index in [-0.39, 0.29) is 16.6 Å². The van der Waals surface area contributed by atoms with E-state index in [1.54, 1.807) is 12.1 Å². The minimum absolute atomic E-state index is 0.0472. The summed E-state index contributed by atoms with van der Waals surface area (Å²) in [5.74, 6) is 0.180. The molecule has 1 fully saturated rings. The zero-order valence-electron chi connectivity index (χ0n) is 15.0. The highest BCUT2D eigenvalue weighted by Gasteiger charge is 2.63. The van der Waals surface area contributed by atoms with Crippen LogP contribution in [0, 0.1) is 11.2 Å². The van der Waals surface area contributed by atoms with Gasteiger partial charge in [0.05, 0.1) is 17.7 Å². The third-order valence-corrected chi connectivity index (χ3v) is 6.78. The van der Waals surface area contributed by atoms with Crippen LogP contribution in [0.4, 0.5) is 4.39 Å². The second kappa shape index (κ2) is 5.22. The van der Waals surface area contributed by atoms with Gasteiger partial charge in [-0.2, -0.15) is 10.2 Å². The van der Waals surface area contributed by atoms with Crippen LogP contribution in [-0.4, -0.2) is 19.7 Å². The molecule has 1 aromatic carbocycles. The van der Waals surface area contributed by atoms with Gasteiger partial charge >= 0.3 is 0 Å². The Balaban J connectivity index is 1.65. The summed E-state index contributed by atoms with van der Waals surface area (Å²) < 4.78 is 16.4. The lowest BCUT2D eigenvalue weighted by atomic mass is 9.68. The molecule has 0 aliphatic heterocycles. The number of nitrogens with zero attached hydrogens (tertiary/aromatic N) is 4. The number of imidazole rings is 1. The molecule has 2 heterocycles. The van der Waals surface area contributed by atoms with Crippen LogP contribution in [0.3, 0.4) is 0 Å². The van der Waals surface area contributed by atoms with Crippen molar-refractivity contribution < 1.29 is 4.39 Å². The molecule has 5 heteroatoms. The molecule has 1 saturated carbocycles. The molecule has 2 atom stereocenters. The summed E-state index contributed by atoms with van der Waals surface area (Å²) in [5.41, 5.74) is 3.52. The predicted octanol–water partition coefficient (Wildman–Crippen LogP) is 4.33. The summed E-state index contributed by atoms with van der Waals surface area (Å²) in [4.78, 5) is 4.20. The van der Waals surface area contributed by atoms with Gasteiger partial charge in [0, 0.05) is 29.9 Å². The standard InChI is InChI=1S/C21H21FN4/c1-20(2)16-7-8-21(20,12-26-10-9-23-13-26)19-15(16)11-18(24-25-19)14-5-3-4-6-17(14)22/h3-6,9-11,13,16H,7-8,12H2,1-2H3/t16?,21-/m1/s1. The van der Waals surface area contributed by atoms with Crippen LogP contribution < -0.4 is 0 Å². The predicted molar refractivity (Wildman–Crippen MR) is 97.1 cm³/mol. The van der Waals surface area contributed by atoms with Crippen molar-refractivity contribution in [3.63, 3.8) is 0 Å². The van der Waals surface area contributed by atoms with Gasteiger partial charge in [0.2, 0.25) is 0 Å². The number of hydrogen-bond acceptors (Lipinski definition) is 3. The minimum Gasteiger partial charge on any atom is -0.337 e. The largest absolute Gasteiger partial charge is 0.337 e. The lowest BCUT2D eigenvalue weighted by molar-refractivity contribution is 0.179. The maximum atomic E-state index is 14.2. The van der Waals surface area contributed by atoms with Crippen LogP contribution in [0.2, 0.25) is 0 Å². The fraction of sp³-hybridized carbons (Fsp3) is 0.381. The fourth-order valence-corrected chi connectivity index (χ4v) is 5.27. The number of rotatable bonds is 3. The molecule has 132 valence electrons. The van der Waals surface area contributed by atoms with Gasteiger partial charge in [-0.15, -0.1) is 0 Å². The van der Waals surface area contributed by atoms with Crippen molar-refractivity contribution in [1.82, 2.24) is 19.7 Å². The van der Waals surface area contributed by atoms with E-state index in [0.717, 1.165) is 25.1 Å². The van der Waals surface area contributed by atoms with Crippen molar-refractivity contribution in [1.29, 1.82) is 0 Å². The molecule has 2 aromatic heterocycles. The zero-order valence-corrected chi connectivity index (χ0v) is 15.0. The highest BCUT2D eigenvalue weighted by molar-refractivity contribution is 5.62. The summed E-state index contributed by atoms with van der Waals surface area (Å²) in [6, 6.07) is 8.85. The van der Waals surface area contributed by atoms with Crippen molar-refractivity contribution in [3.8, 4) is 11.3 Å². The van der Waals surface area contributed by atoms with Crippen LogP contribution in [0.5, 0.6) is 0 Å². The Morgan fingerprint density at radius 2 is 2.08 bits per heavy atom. The molecule has 1 unspecified atom stereocenters. The van der Waals surface area contributed by atoms with Gasteiger partial charge in [-0.25, -0.2) is 9.37 Å². The van der Waals surface area contributed by atoms with Crippen LogP contribution in [0.25, 0.3) is 11.3 Å². The normalized spacial score (nSPS) is 25.4. The van der Waals surface area contributed by atoms with Gasteiger partial charge in [-0.3, -0.25) is 0 Å². The number of benzene rings is 1. The molecular formula is C21H21FN4. The Morgan fingerprint density at radius 3 is 2.85 bits per heavy atom. The average Bonchev–Trinajstić information content (AvgIpc) is 3.27. The average molecular weight is 348 g/mol. The van der Waals surface area contributed by atoms with E-state index < -0.39 is 0 Å². The second-order valence-electron chi connectivity index (χ2n) is 8.14. The maximum absolute atomic E-state index is 14.2. The number of fused-ring (bicyclic) bond motifs is 5. The Hall–Kier alpha value is -2.56. The van der Waals surface area contributed by atoms with Crippen molar-refractivity contribution in [2.75, 3.05) is 0 Å². The molecule has 3 aromatic rings. The summed E-state index contributed by atoms with van der Waals surface area (Å²) in [6.45, 7) is 5.54. The number of halogens is 1. The summed E-state index contributed by atoms with van der Waals surface area (Å²) >= 11 is 0. The molecule has 26 heavy (non-hydrogen) atoms. The van der Waals surface area contributed by atoms with Gasteiger partial charge in [0.15, 0.2) is 0 Å². The van der Waals surface area contributed by atoms with Crippen molar-refractivity contribution >= 4 is 0 Å². The van der Waals surface area contributed by atoms with Crippen LogP contribution in [0.1, 0.15) is 43.9 Å². The van der Waals surface area contributed by atoms with Crippen molar-refractivity contribution in [2.24, 2.45) is 5.41 Å². The molecule has 2 bridgehead atoms. The molecule has 0 N–H and O–H groups in total. The van der Waals surface area contributed by atoms with Crippen LogP contribution in [0.15, 0.2) is 49.1 Å². The quantitative estimate of drug-likeness (QED) is 0.707. The maximum Gasteiger partial charge on any atom is 0.132 e. The third-order valence-electron chi connectivity index (χ3n) is 6.78. The van der Waals surface area contributed by atoms with Crippen molar-refractivity contribution in [2.45, 2.75) is 44.6 Å². The summed E-state index contributed by atoms with van der Waals surface area (Å²) in [5, 5.41) is 9.08. The minimum atomic E-state index is -0.253. The van der Waals surface area contributed by atoms with E-state index >= 15 is 0 Å². The molecule has 4 nitrogen and oxygen atoms in total. The van der Waals surface area contributed by atoms with E-state index in [1.807, 2.05) is 24.8 Å². The van der Waals surface area contributed by atoms with Gasteiger partial charge in [-0.1, -0.05) is 26.0 Å². The SMILES string of the molecule is CC1(C)C2CC[C@@]1(Cn1ccnc1)c1nnc(-c3ccccc3F)cc12. The van der Waals surface area contributed by atoms with Gasteiger partial charge in [0.1, 0.15) is 5.82 Å². The van der Waals surface area contributed by atoms with E-state index in [2.05, 4.69) is 39.7 Å². The third kappa shape index (κ3) is 1.91. The highest BCUT2D eigenvalue weighted by Crippen LogP contribution is 2.67. The summed E-state index contributed by atoms with van der Waals surface area (Å²) in [7, 11) is 0. The molecular weight excluding hydrogens is 327 g/mol. The monoisotopic (exact) mass is 348 g/mol. The fourth-order valence-electron chi connectivity index (χ4n) is 5.27. The number of aromatic nitrogens is 4. The molecule has 2 aliphatic carbocycles. The Kier molecular flexibility index (Phi) is 3.15. The summed E-state index contributed by atoms with van der Waals surface area (Å²) in [6.07, 6.45) is 7.94. The number of hydrogen-bond donors (Lipinski definition) is 0. The lowest BCUT2D eigenvalue weighted by Crippen LogP contribution is -2.39. The smallest absolute Gasteiger partial charge is 0.132 e. The second-order valence-corrected chi connectivity index (χ2v) is 8.14. The van der Waals surface area contributed by atoms with Gasteiger partial charge < -0.3 is 4.57 Å². The first-order valence-corrected chi connectivity index (χ1v) is 9.12. The van der Waals surface area contributed by atoms with Crippen molar-refractivity contribution in [3.05, 3.63) is 66.1 Å². The molecule has 5 rings (SSSR count). The lowest BCUT2D eigenvalue weighted by Gasteiger charge is -2.38. The van der Waals surface area contributed by atoms with E-state index in [9.17, 15) is 4.39 Å².